The topological polar surface area (TPSA) is 86.9 Å². The van der Waals surface area contributed by atoms with Crippen molar-refractivity contribution in [2.24, 2.45) is 5.92 Å². The summed E-state index contributed by atoms with van der Waals surface area (Å²) in [7, 11) is 0. The Bertz CT molecular complexity index is 976. The second-order valence-corrected chi connectivity index (χ2v) is 7.83. The van der Waals surface area contributed by atoms with E-state index >= 15 is 0 Å². The highest BCUT2D eigenvalue weighted by Crippen LogP contribution is 2.20. The van der Waals surface area contributed by atoms with E-state index in [-0.39, 0.29) is 17.4 Å². The van der Waals surface area contributed by atoms with Crippen molar-refractivity contribution in [1.29, 1.82) is 5.26 Å². The third-order valence-electron chi connectivity index (χ3n) is 4.75. The fourth-order valence-electron chi connectivity index (χ4n) is 3.26. The molecule has 0 unspecified atom stereocenters. The summed E-state index contributed by atoms with van der Waals surface area (Å²) in [6.07, 6.45) is 3.09. The van der Waals surface area contributed by atoms with Crippen LogP contribution in [0.15, 0.2) is 35.9 Å². The van der Waals surface area contributed by atoms with Gasteiger partial charge >= 0.3 is 0 Å². The second-order valence-electron chi connectivity index (χ2n) is 7.83. The van der Waals surface area contributed by atoms with Gasteiger partial charge < -0.3 is 15.2 Å². The number of carbonyl (C=O) groups is 2. The van der Waals surface area contributed by atoms with Gasteiger partial charge in [0.2, 0.25) is 5.91 Å². The second kappa shape index (κ2) is 10.4. The average molecular weight is 407 g/mol. The first-order chi connectivity index (χ1) is 14.2. The maximum absolute atomic E-state index is 12.6. The van der Waals surface area contributed by atoms with Crippen LogP contribution in [0.25, 0.3) is 6.08 Å². The maximum atomic E-state index is 12.6. The third-order valence-corrected chi connectivity index (χ3v) is 4.75. The quantitative estimate of drug-likeness (QED) is 0.475. The number of rotatable bonds is 8. The Morgan fingerprint density at radius 2 is 1.73 bits per heavy atom. The van der Waals surface area contributed by atoms with Crippen molar-refractivity contribution in [2.75, 3.05) is 10.6 Å². The molecule has 0 spiro atoms. The number of nitriles is 1. The van der Waals surface area contributed by atoms with Crippen LogP contribution in [-0.2, 0) is 16.1 Å². The minimum absolute atomic E-state index is 0.0426. The number of hydrogen-bond donors (Lipinski definition) is 2. The lowest BCUT2D eigenvalue weighted by molar-refractivity contribution is -0.117. The Morgan fingerprint density at radius 3 is 2.27 bits per heavy atom. The number of aryl methyl sites for hydroxylation is 1. The highest BCUT2D eigenvalue weighted by atomic mass is 16.2. The van der Waals surface area contributed by atoms with Crippen LogP contribution in [-0.4, -0.2) is 16.4 Å². The van der Waals surface area contributed by atoms with Crippen molar-refractivity contribution >= 4 is 29.3 Å². The number of anilines is 2. The van der Waals surface area contributed by atoms with Gasteiger partial charge in [0.1, 0.15) is 11.6 Å². The van der Waals surface area contributed by atoms with Gasteiger partial charge in [-0.2, -0.15) is 5.26 Å². The molecule has 30 heavy (non-hydrogen) atoms. The van der Waals surface area contributed by atoms with Crippen LogP contribution < -0.4 is 10.6 Å². The van der Waals surface area contributed by atoms with Crippen LogP contribution in [0, 0.1) is 31.1 Å². The monoisotopic (exact) mass is 406 g/mol. The van der Waals surface area contributed by atoms with Gasteiger partial charge in [0.25, 0.3) is 5.91 Å². The first-order valence-corrected chi connectivity index (χ1v) is 10.2. The van der Waals surface area contributed by atoms with E-state index < -0.39 is 5.91 Å². The summed E-state index contributed by atoms with van der Waals surface area (Å²) in [6.45, 7) is 11.0. The summed E-state index contributed by atoms with van der Waals surface area (Å²) in [5.74, 6) is -0.224. The summed E-state index contributed by atoms with van der Waals surface area (Å²) in [4.78, 5) is 24.4. The molecule has 0 radical (unpaired) electrons. The van der Waals surface area contributed by atoms with Crippen LogP contribution >= 0.6 is 0 Å². The van der Waals surface area contributed by atoms with Crippen LogP contribution in [0.4, 0.5) is 11.4 Å². The van der Waals surface area contributed by atoms with E-state index in [9.17, 15) is 14.9 Å². The van der Waals surface area contributed by atoms with E-state index in [1.807, 2.05) is 39.8 Å². The van der Waals surface area contributed by atoms with Crippen molar-refractivity contribution in [1.82, 2.24) is 4.57 Å². The van der Waals surface area contributed by atoms with E-state index in [2.05, 4.69) is 22.1 Å². The van der Waals surface area contributed by atoms with Gasteiger partial charge in [0.05, 0.1) is 0 Å². The molecular formula is C24H30N4O2. The Hall–Kier alpha value is -3.33. The molecule has 0 aliphatic heterocycles. The van der Waals surface area contributed by atoms with Gasteiger partial charge in [-0.25, -0.2) is 0 Å². The highest BCUT2D eigenvalue weighted by Gasteiger charge is 2.13. The van der Waals surface area contributed by atoms with E-state index in [0.717, 1.165) is 29.9 Å². The minimum atomic E-state index is -0.464. The number of hydrogen-bond acceptors (Lipinski definition) is 3. The van der Waals surface area contributed by atoms with Gasteiger partial charge in [-0.05, 0) is 68.2 Å². The fraction of sp³-hybridized carbons (Fsp3) is 0.375. The molecule has 2 aromatic rings. The molecule has 2 rings (SSSR count). The molecule has 0 fully saturated rings. The molecule has 0 atom stereocenters. The molecule has 0 bridgehead atoms. The lowest BCUT2D eigenvalue weighted by Gasteiger charge is -2.09. The molecule has 0 saturated carbocycles. The lowest BCUT2D eigenvalue weighted by Crippen LogP contribution is -2.15. The van der Waals surface area contributed by atoms with Gasteiger partial charge in [-0.15, -0.1) is 0 Å². The van der Waals surface area contributed by atoms with E-state index in [1.165, 1.54) is 0 Å². The van der Waals surface area contributed by atoms with Gasteiger partial charge in [0.15, 0.2) is 0 Å². The molecule has 6 nitrogen and oxygen atoms in total. The van der Waals surface area contributed by atoms with Crippen LogP contribution in [0.3, 0.4) is 0 Å². The normalized spacial score (nSPS) is 11.3. The maximum Gasteiger partial charge on any atom is 0.266 e. The number of nitrogens with one attached hydrogen (secondary N) is 2. The standard InChI is InChI=1S/C24H30N4O2/c1-6-11-28-17(4)13-19(18(28)5)14-20(15-25)24(30)27-22-9-7-21(8-10-22)26-23(29)12-16(2)3/h7-10,13-14,16H,6,11-12H2,1-5H3,(H,26,29)(H,27,30)/b20-14+. The molecule has 1 aromatic carbocycles. The summed E-state index contributed by atoms with van der Waals surface area (Å²) in [5.41, 5.74) is 4.28. The van der Waals surface area contributed by atoms with Crippen molar-refractivity contribution in [3.8, 4) is 6.07 Å². The third kappa shape index (κ3) is 6.08. The van der Waals surface area contributed by atoms with E-state index in [4.69, 9.17) is 0 Å². The smallest absolute Gasteiger partial charge is 0.266 e. The van der Waals surface area contributed by atoms with Gasteiger partial charge in [-0.3, -0.25) is 9.59 Å². The van der Waals surface area contributed by atoms with E-state index in [1.54, 1.807) is 30.3 Å². The zero-order valence-corrected chi connectivity index (χ0v) is 18.4. The van der Waals surface area contributed by atoms with Crippen molar-refractivity contribution in [3.63, 3.8) is 0 Å². The molecule has 1 aromatic heterocycles. The molecule has 0 saturated heterocycles. The lowest BCUT2D eigenvalue weighted by atomic mass is 10.1. The fourth-order valence-corrected chi connectivity index (χ4v) is 3.26. The molecule has 2 N–H and O–H groups in total. The predicted molar refractivity (Wildman–Crippen MR) is 121 cm³/mol. The Balaban J connectivity index is 2.10. The van der Waals surface area contributed by atoms with Crippen molar-refractivity contribution < 1.29 is 9.59 Å². The van der Waals surface area contributed by atoms with Gasteiger partial charge in [-0.1, -0.05) is 20.8 Å². The number of nitrogens with zero attached hydrogens (tertiary/aromatic N) is 2. The average Bonchev–Trinajstić information content (AvgIpc) is 2.94. The summed E-state index contributed by atoms with van der Waals surface area (Å²) in [5, 5.41) is 15.1. The molecular weight excluding hydrogens is 376 g/mol. The number of benzene rings is 1. The van der Waals surface area contributed by atoms with Crippen molar-refractivity contribution in [3.05, 3.63) is 52.9 Å². The first kappa shape index (κ1) is 23.0. The molecule has 0 aliphatic rings. The highest BCUT2D eigenvalue weighted by molar-refractivity contribution is 6.09. The molecule has 2 amide bonds. The first-order valence-electron chi connectivity index (χ1n) is 10.2. The SMILES string of the molecule is CCCn1c(C)cc(/C=C(\C#N)C(=O)Nc2ccc(NC(=O)CC(C)C)cc2)c1C. The Morgan fingerprint density at radius 1 is 1.13 bits per heavy atom. The Kier molecular flexibility index (Phi) is 7.99. The zero-order chi connectivity index (χ0) is 22.3. The molecule has 6 heteroatoms. The number of aromatic nitrogens is 1. The van der Waals surface area contributed by atoms with E-state index in [0.29, 0.717) is 17.8 Å². The predicted octanol–water partition coefficient (Wildman–Crippen LogP) is 5.05. The van der Waals surface area contributed by atoms with Gasteiger partial charge in [0, 0.05) is 35.7 Å². The molecule has 158 valence electrons. The number of amides is 2. The molecule has 1 heterocycles. The van der Waals surface area contributed by atoms with Crippen LogP contribution in [0.2, 0.25) is 0 Å². The zero-order valence-electron chi connectivity index (χ0n) is 18.4. The summed E-state index contributed by atoms with van der Waals surface area (Å²) >= 11 is 0. The van der Waals surface area contributed by atoms with Crippen LogP contribution in [0.1, 0.15) is 50.6 Å². The summed E-state index contributed by atoms with van der Waals surface area (Å²) < 4.78 is 2.19. The van der Waals surface area contributed by atoms with Crippen molar-refractivity contribution in [2.45, 2.75) is 54.0 Å². The summed E-state index contributed by atoms with van der Waals surface area (Å²) in [6, 6.07) is 10.8. The Labute approximate surface area is 178 Å². The molecule has 0 aliphatic carbocycles. The largest absolute Gasteiger partial charge is 0.349 e. The van der Waals surface area contributed by atoms with Crippen LogP contribution in [0.5, 0.6) is 0 Å². The number of carbonyl (C=O) groups excluding carboxylic acids is 2. The minimum Gasteiger partial charge on any atom is -0.349 e.